The molecule has 1 aliphatic heterocycles. The summed E-state index contributed by atoms with van der Waals surface area (Å²) in [4.78, 5) is 1.25. The summed E-state index contributed by atoms with van der Waals surface area (Å²) in [6.07, 6.45) is 4.09. The molecular formula is C11H16BrNOS. The van der Waals surface area contributed by atoms with Gasteiger partial charge in [-0.25, -0.2) is 0 Å². The van der Waals surface area contributed by atoms with Crippen LogP contribution in [0, 0.1) is 0 Å². The van der Waals surface area contributed by atoms with Gasteiger partial charge in [0.05, 0.1) is 6.10 Å². The van der Waals surface area contributed by atoms with Crippen LogP contribution in [0.15, 0.2) is 15.9 Å². The van der Waals surface area contributed by atoms with Crippen LogP contribution in [0.25, 0.3) is 0 Å². The van der Waals surface area contributed by atoms with E-state index in [1.165, 1.54) is 17.7 Å². The van der Waals surface area contributed by atoms with Gasteiger partial charge < -0.3 is 10.4 Å². The Morgan fingerprint density at radius 2 is 2.47 bits per heavy atom. The molecule has 0 aliphatic carbocycles. The number of thiophene rings is 1. The van der Waals surface area contributed by atoms with Crippen molar-refractivity contribution in [3.05, 3.63) is 20.8 Å². The van der Waals surface area contributed by atoms with E-state index in [1.54, 1.807) is 11.3 Å². The molecule has 0 spiro atoms. The van der Waals surface area contributed by atoms with E-state index in [0.29, 0.717) is 0 Å². The number of aliphatic hydroxyl groups is 1. The maximum Gasteiger partial charge on any atom is 0.0741 e. The molecule has 1 aromatic heterocycles. The van der Waals surface area contributed by atoms with Crippen LogP contribution in [0.5, 0.6) is 0 Å². The van der Waals surface area contributed by atoms with Crippen molar-refractivity contribution >= 4 is 27.3 Å². The Kier molecular flexibility index (Phi) is 4.20. The zero-order valence-electron chi connectivity index (χ0n) is 8.58. The first-order chi connectivity index (χ1) is 7.27. The fourth-order valence-electron chi connectivity index (χ4n) is 2.01. The molecule has 2 N–H and O–H groups in total. The molecule has 4 heteroatoms. The largest absolute Gasteiger partial charge is 0.391 e. The fourth-order valence-corrected chi connectivity index (χ4v) is 3.58. The number of rotatable bonds is 3. The van der Waals surface area contributed by atoms with Crippen LogP contribution in [0.1, 0.15) is 24.1 Å². The van der Waals surface area contributed by atoms with Gasteiger partial charge in [0, 0.05) is 21.8 Å². The van der Waals surface area contributed by atoms with E-state index in [-0.39, 0.29) is 12.1 Å². The van der Waals surface area contributed by atoms with Gasteiger partial charge in [0.25, 0.3) is 0 Å². The monoisotopic (exact) mass is 289 g/mol. The molecular weight excluding hydrogens is 274 g/mol. The van der Waals surface area contributed by atoms with Gasteiger partial charge in [0.1, 0.15) is 0 Å². The number of hydrogen-bond donors (Lipinski definition) is 2. The summed E-state index contributed by atoms with van der Waals surface area (Å²) in [7, 11) is 0. The maximum absolute atomic E-state index is 10.1. The summed E-state index contributed by atoms with van der Waals surface area (Å²) in [6, 6.07) is 2.33. The van der Waals surface area contributed by atoms with Crippen molar-refractivity contribution in [2.45, 2.75) is 37.8 Å². The van der Waals surface area contributed by atoms with Crippen LogP contribution in [-0.4, -0.2) is 23.8 Å². The summed E-state index contributed by atoms with van der Waals surface area (Å²) < 4.78 is 1.13. The molecule has 1 fully saturated rings. The van der Waals surface area contributed by atoms with Crippen molar-refractivity contribution in [2.24, 2.45) is 0 Å². The molecule has 0 radical (unpaired) electrons. The van der Waals surface area contributed by atoms with E-state index in [9.17, 15) is 5.11 Å². The summed E-state index contributed by atoms with van der Waals surface area (Å²) in [6.45, 7) is 1.05. The summed E-state index contributed by atoms with van der Waals surface area (Å²) in [5.74, 6) is 0. The molecule has 0 aromatic carbocycles. The van der Waals surface area contributed by atoms with Crippen LogP contribution in [0.4, 0.5) is 0 Å². The van der Waals surface area contributed by atoms with Gasteiger partial charge in [0.2, 0.25) is 0 Å². The van der Waals surface area contributed by atoms with Gasteiger partial charge in [0.15, 0.2) is 0 Å². The standard InChI is InChI=1S/C11H16BrNOS/c12-8-4-6-15-11(8)7-10(14)9-3-1-2-5-13-9/h4,6,9-10,13-14H,1-3,5,7H2. The van der Waals surface area contributed by atoms with Crippen LogP contribution < -0.4 is 5.32 Å². The number of piperidine rings is 1. The van der Waals surface area contributed by atoms with E-state index in [0.717, 1.165) is 23.9 Å². The zero-order chi connectivity index (χ0) is 10.7. The third kappa shape index (κ3) is 3.03. The molecule has 0 bridgehead atoms. The lowest BCUT2D eigenvalue weighted by atomic mass is 9.97. The second kappa shape index (κ2) is 5.43. The van der Waals surface area contributed by atoms with Gasteiger partial charge >= 0.3 is 0 Å². The van der Waals surface area contributed by atoms with E-state index in [1.807, 2.05) is 6.07 Å². The minimum Gasteiger partial charge on any atom is -0.391 e. The molecule has 1 aliphatic rings. The highest BCUT2D eigenvalue weighted by Crippen LogP contribution is 2.25. The molecule has 0 amide bonds. The van der Waals surface area contributed by atoms with Crippen LogP contribution in [-0.2, 0) is 6.42 Å². The normalized spacial score (nSPS) is 24.0. The highest BCUT2D eigenvalue weighted by atomic mass is 79.9. The van der Waals surface area contributed by atoms with Crippen molar-refractivity contribution < 1.29 is 5.11 Å². The SMILES string of the molecule is OC(Cc1sccc1Br)C1CCCCN1. The van der Waals surface area contributed by atoms with Crippen molar-refractivity contribution in [1.82, 2.24) is 5.32 Å². The molecule has 2 heterocycles. The summed E-state index contributed by atoms with van der Waals surface area (Å²) >= 11 is 5.20. The molecule has 1 aromatic rings. The van der Waals surface area contributed by atoms with E-state index in [2.05, 4.69) is 26.6 Å². The number of halogens is 1. The highest BCUT2D eigenvalue weighted by molar-refractivity contribution is 9.10. The average molecular weight is 290 g/mol. The molecule has 15 heavy (non-hydrogen) atoms. The Morgan fingerprint density at radius 1 is 1.60 bits per heavy atom. The summed E-state index contributed by atoms with van der Waals surface area (Å²) in [5.41, 5.74) is 0. The topological polar surface area (TPSA) is 32.3 Å². The van der Waals surface area contributed by atoms with Gasteiger partial charge in [-0.15, -0.1) is 11.3 Å². The second-order valence-corrected chi connectivity index (χ2v) is 5.87. The lowest BCUT2D eigenvalue weighted by Gasteiger charge is -2.27. The molecule has 2 atom stereocenters. The van der Waals surface area contributed by atoms with Crippen LogP contribution in [0.3, 0.4) is 0 Å². The van der Waals surface area contributed by atoms with Crippen molar-refractivity contribution in [2.75, 3.05) is 6.54 Å². The smallest absolute Gasteiger partial charge is 0.0741 e. The average Bonchev–Trinajstić information content (AvgIpc) is 2.66. The minimum absolute atomic E-state index is 0.250. The Morgan fingerprint density at radius 3 is 3.07 bits per heavy atom. The molecule has 2 nitrogen and oxygen atoms in total. The Hall–Kier alpha value is 0.1000. The first-order valence-corrected chi connectivity index (χ1v) is 7.08. The van der Waals surface area contributed by atoms with Crippen molar-refractivity contribution in [3.8, 4) is 0 Å². The minimum atomic E-state index is -0.250. The maximum atomic E-state index is 10.1. The Labute approximate surface area is 103 Å². The van der Waals surface area contributed by atoms with Crippen LogP contribution in [0.2, 0.25) is 0 Å². The zero-order valence-corrected chi connectivity index (χ0v) is 11.0. The van der Waals surface area contributed by atoms with Gasteiger partial charge in [-0.2, -0.15) is 0 Å². The third-order valence-corrected chi connectivity index (χ3v) is 4.85. The lowest BCUT2D eigenvalue weighted by molar-refractivity contribution is 0.114. The van der Waals surface area contributed by atoms with Crippen molar-refractivity contribution in [3.63, 3.8) is 0 Å². The fraction of sp³-hybridized carbons (Fsp3) is 0.636. The number of aliphatic hydroxyl groups excluding tert-OH is 1. The van der Waals surface area contributed by atoms with Crippen LogP contribution >= 0.6 is 27.3 Å². The quantitative estimate of drug-likeness (QED) is 0.896. The predicted octanol–water partition coefficient (Wildman–Crippen LogP) is 2.56. The van der Waals surface area contributed by atoms with Gasteiger partial charge in [-0.05, 0) is 46.8 Å². The first-order valence-electron chi connectivity index (χ1n) is 5.40. The molecule has 0 saturated carbocycles. The molecule has 2 rings (SSSR count). The van der Waals surface area contributed by atoms with E-state index >= 15 is 0 Å². The predicted molar refractivity (Wildman–Crippen MR) is 67.4 cm³/mol. The third-order valence-electron chi connectivity index (χ3n) is 2.90. The number of nitrogens with one attached hydrogen (secondary N) is 1. The van der Waals surface area contributed by atoms with Crippen molar-refractivity contribution in [1.29, 1.82) is 0 Å². The van der Waals surface area contributed by atoms with Gasteiger partial charge in [-0.1, -0.05) is 6.42 Å². The number of hydrogen-bond acceptors (Lipinski definition) is 3. The van der Waals surface area contributed by atoms with E-state index < -0.39 is 0 Å². The van der Waals surface area contributed by atoms with Gasteiger partial charge in [-0.3, -0.25) is 0 Å². The Bertz CT molecular complexity index is 309. The molecule has 84 valence electrons. The second-order valence-electron chi connectivity index (χ2n) is 4.02. The Balaban J connectivity index is 1.91. The lowest BCUT2D eigenvalue weighted by Crippen LogP contribution is -2.43. The first kappa shape index (κ1) is 11.6. The summed E-state index contributed by atoms with van der Waals surface area (Å²) in [5, 5.41) is 15.5. The highest BCUT2D eigenvalue weighted by Gasteiger charge is 2.22. The molecule has 1 saturated heterocycles. The molecule has 2 unspecified atom stereocenters. The van der Waals surface area contributed by atoms with E-state index in [4.69, 9.17) is 0 Å².